The van der Waals surface area contributed by atoms with Crippen molar-refractivity contribution in [3.05, 3.63) is 71.3 Å². The number of carbonyl (C=O) groups is 1. The summed E-state index contributed by atoms with van der Waals surface area (Å²) in [6.07, 6.45) is 0. The van der Waals surface area contributed by atoms with Crippen molar-refractivity contribution in [2.45, 2.75) is 20.8 Å². The van der Waals surface area contributed by atoms with Crippen molar-refractivity contribution in [1.82, 2.24) is 15.0 Å². The average Bonchev–Trinajstić information content (AvgIpc) is 3.16. The van der Waals surface area contributed by atoms with Crippen LogP contribution in [-0.4, -0.2) is 34.6 Å². The molecule has 4 aromatic rings. The number of rotatable bonds is 6. The molecule has 1 amide bonds. The molecule has 7 nitrogen and oxygen atoms in total. The lowest BCUT2D eigenvalue weighted by Crippen LogP contribution is -2.20. The van der Waals surface area contributed by atoms with Gasteiger partial charge < -0.3 is 14.8 Å². The van der Waals surface area contributed by atoms with Crippen molar-refractivity contribution < 1.29 is 14.3 Å². The SMILES string of the molecule is COc1ccc(-n2nc3cc(C)c(NC(=O)COc4ccc(C)cc4C)cc3n2)cc1. The van der Waals surface area contributed by atoms with Gasteiger partial charge in [0.05, 0.1) is 12.8 Å². The Hall–Kier alpha value is -3.87. The van der Waals surface area contributed by atoms with Gasteiger partial charge in [0.25, 0.3) is 5.91 Å². The Balaban J connectivity index is 1.49. The van der Waals surface area contributed by atoms with Crippen LogP contribution in [-0.2, 0) is 4.79 Å². The van der Waals surface area contributed by atoms with Gasteiger partial charge in [0.2, 0.25) is 0 Å². The molecule has 3 aromatic carbocycles. The molecule has 1 N–H and O–H groups in total. The van der Waals surface area contributed by atoms with E-state index >= 15 is 0 Å². The average molecular weight is 416 g/mol. The van der Waals surface area contributed by atoms with E-state index in [-0.39, 0.29) is 12.5 Å². The van der Waals surface area contributed by atoms with Crippen molar-refractivity contribution in [2.24, 2.45) is 0 Å². The van der Waals surface area contributed by atoms with Crippen molar-refractivity contribution in [2.75, 3.05) is 19.0 Å². The Morgan fingerprint density at radius 1 is 0.935 bits per heavy atom. The molecule has 0 aliphatic carbocycles. The summed E-state index contributed by atoms with van der Waals surface area (Å²) in [6, 6.07) is 17.1. The van der Waals surface area contributed by atoms with E-state index in [1.807, 2.05) is 75.4 Å². The molecule has 1 heterocycles. The van der Waals surface area contributed by atoms with Gasteiger partial charge >= 0.3 is 0 Å². The third-order valence-electron chi connectivity index (χ3n) is 4.99. The van der Waals surface area contributed by atoms with Gasteiger partial charge in [-0.2, -0.15) is 4.80 Å². The third-order valence-corrected chi connectivity index (χ3v) is 4.99. The first kappa shape index (κ1) is 20.4. The summed E-state index contributed by atoms with van der Waals surface area (Å²) in [5, 5.41) is 12.0. The van der Waals surface area contributed by atoms with E-state index in [9.17, 15) is 4.79 Å². The first-order valence-electron chi connectivity index (χ1n) is 9.95. The van der Waals surface area contributed by atoms with Gasteiger partial charge in [-0.3, -0.25) is 4.79 Å². The van der Waals surface area contributed by atoms with Crippen molar-refractivity contribution in [3.8, 4) is 17.2 Å². The lowest BCUT2D eigenvalue weighted by atomic mass is 10.1. The highest BCUT2D eigenvalue weighted by atomic mass is 16.5. The number of nitrogens with one attached hydrogen (secondary N) is 1. The van der Waals surface area contributed by atoms with E-state index in [0.717, 1.165) is 33.6 Å². The number of nitrogens with zero attached hydrogens (tertiary/aromatic N) is 3. The van der Waals surface area contributed by atoms with E-state index in [2.05, 4.69) is 15.5 Å². The molecule has 1 aromatic heterocycles. The molecule has 0 unspecified atom stereocenters. The van der Waals surface area contributed by atoms with E-state index in [1.165, 1.54) is 0 Å². The lowest BCUT2D eigenvalue weighted by molar-refractivity contribution is -0.118. The van der Waals surface area contributed by atoms with Crippen molar-refractivity contribution >= 4 is 22.6 Å². The number of benzene rings is 3. The first-order chi connectivity index (χ1) is 14.9. The second-order valence-corrected chi connectivity index (χ2v) is 7.45. The fourth-order valence-corrected chi connectivity index (χ4v) is 3.32. The number of aryl methyl sites for hydroxylation is 3. The monoisotopic (exact) mass is 416 g/mol. The van der Waals surface area contributed by atoms with Crippen LogP contribution in [0.5, 0.6) is 11.5 Å². The second-order valence-electron chi connectivity index (χ2n) is 7.45. The molecule has 7 heteroatoms. The smallest absolute Gasteiger partial charge is 0.262 e. The number of fused-ring (bicyclic) bond motifs is 1. The molecule has 0 spiro atoms. The zero-order chi connectivity index (χ0) is 22.0. The van der Waals surface area contributed by atoms with Crippen LogP contribution in [0.4, 0.5) is 5.69 Å². The molecular weight excluding hydrogens is 392 g/mol. The lowest BCUT2D eigenvalue weighted by Gasteiger charge is -2.11. The molecule has 0 aliphatic heterocycles. The number of hydrogen-bond donors (Lipinski definition) is 1. The van der Waals surface area contributed by atoms with Crippen LogP contribution in [0, 0.1) is 20.8 Å². The third kappa shape index (κ3) is 4.50. The Kier molecular flexibility index (Phi) is 5.58. The van der Waals surface area contributed by atoms with Gasteiger partial charge in [0, 0.05) is 5.69 Å². The number of ether oxygens (including phenoxy) is 2. The summed E-state index contributed by atoms with van der Waals surface area (Å²) in [5.74, 6) is 1.24. The van der Waals surface area contributed by atoms with Crippen LogP contribution in [0.2, 0.25) is 0 Å². The highest BCUT2D eigenvalue weighted by molar-refractivity contribution is 5.95. The van der Waals surface area contributed by atoms with E-state index in [4.69, 9.17) is 9.47 Å². The van der Waals surface area contributed by atoms with Crippen LogP contribution in [0.15, 0.2) is 54.6 Å². The summed E-state index contributed by atoms with van der Waals surface area (Å²) >= 11 is 0. The fourth-order valence-electron chi connectivity index (χ4n) is 3.32. The molecule has 4 rings (SSSR count). The largest absolute Gasteiger partial charge is 0.497 e. The standard InChI is InChI=1S/C24H24N4O3/c1-15-5-10-23(17(3)11-15)31-14-24(29)25-20-13-22-21(12-16(20)2)26-28(27-22)18-6-8-19(30-4)9-7-18/h5-13H,14H2,1-4H3,(H,25,29). The zero-order valence-corrected chi connectivity index (χ0v) is 18.0. The van der Waals surface area contributed by atoms with Crippen molar-refractivity contribution in [3.63, 3.8) is 0 Å². The van der Waals surface area contributed by atoms with Crippen LogP contribution >= 0.6 is 0 Å². The molecule has 158 valence electrons. The highest BCUT2D eigenvalue weighted by Crippen LogP contribution is 2.23. The van der Waals surface area contributed by atoms with Gasteiger partial charge in [-0.1, -0.05) is 17.7 Å². The van der Waals surface area contributed by atoms with Crippen LogP contribution in [0.1, 0.15) is 16.7 Å². The summed E-state index contributed by atoms with van der Waals surface area (Å²) in [7, 11) is 1.63. The molecular formula is C24H24N4O3. The van der Waals surface area contributed by atoms with Gasteiger partial charge in [-0.25, -0.2) is 0 Å². The maximum absolute atomic E-state index is 12.5. The minimum Gasteiger partial charge on any atom is -0.497 e. The van der Waals surface area contributed by atoms with Crippen LogP contribution in [0.25, 0.3) is 16.7 Å². The van der Waals surface area contributed by atoms with E-state index in [0.29, 0.717) is 17.0 Å². The van der Waals surface area contributed by atoms with Crippen molar-refractivity contribution in [1.29, 1.82) is 0 Å². The van der Waals surface area contributed by atoms with Crippen LogP contribution in [0.3, 0.4) is 0 Å². The maximum Gasteiger partial charge on any atom is 0.262 e. The number of methoxy groups -OCH3 is 1. The summed E-state index contributed by atoms with van der Waals surface area (Å²) in [5.41, 5.74) is 5.99. The summed E-state index contributed by atoms with van der Waals surface area (Å²) < 4.78 is 10.9. The second kappa shape index (κ2) is 8.47. The van der Waals surface area contributed by atoms with Gasteiger partial charge in [-0.15, -0.1) is 10.2 Å². The number of amides is 1. The molecule has 0 fully saturated rings. The topological polar surface area (TPSA) is 78.3 Å². The normalized spacial score (nSPS) is 10.8. The number of anilines is 1. The number of aromatic nitrogens is 3. The quantitative estimate of drug-likeness (QED) is 0.505. The summed E-state index contributed by atoms with van der Waals surface area (Å²) in [4.78, 5) is 14.0. The minimum absolute atomic E-state index is 0.0695. The van der Waals surface area contributed by atoms with Gasteiger partial charge in [0.1, 0.15) is 22.5 Å². The first-order valence-corrected chi connectivity index (χ1v) is 9.95. The Morgan fingerprint density at radius 2 is 1.65 bits per heavy atom. The molecule has 0 saturated heterocycles. The Labute approximate surface area is 180 Å². The van der Waals surface area contributed by atoms with Gasteiger partial charge in [0.15, 0.2) is 6.61 Å². The molecule has 0 aliphatic rings. The predicted molar refractivity (Wildman–Crippen MR) is 120 cm³/mol. The zero-order valence-electron chi connectivity index (χ0n) is 18.0. The predicted octanol–water partition coefficient (Wildman–Crippen LogP) is 4.37. The van der Waals surface area contributed by atoms with E-state index in [1.54, 1.807) is 11.9 Å². The van der Waals surface area contributed by atoms with Crippen LogP contribution < -0.4 is 14.8 Å². The summed E-state index contributed by atoms with van der Waals surface area (Å²) in [6.45, 7) is 5.84. The Morgan fingerprint density at radius 3 is 2.32 bits per heavy atom. The molecule has 0 bridgehead atoms. The highest BCUT2D eigenvalue weighted by Gasteiger charge is 2.12. The molecule has 0 radical (unpaired) electrons. The minimum atomic E-state index is -0.232. The maximum atomic E-state index is 12.5. The number of carbonyl (C=O) groups excluding carboxylic acids is 1. The molecule has 0 saturated carbocycles. The Bertz CT molecular complexity index is 1250. The molecule has 31 heavy (non-hydrogen) atoms. The van der Waals surface area contributed by atoms with Gasteiger partial charge in [-0.05, 0) is 74.4 Å². The number of hydrogen-bond acceptors (Lipinski definition) is 5. The molecule has 0 atom stereocenters. The fraction of sp³-hybridized carbons (Fsp3) is 0.208. The van der Waals surface area contributed by atoms with E-state index < -0.39 is 0 Å².